The number of benzene rings is 2. The maximum Gasteiger partial charge on any atom is 0.251 e. The van der Waals surface area contributed by atoms with Crippen LogP contribution in [0, 0.1) is 0 Å². The number of carbonyl (C=O) groups excluding carboxylic acids is 1. The molecule has 0 aliphatic rings. The number of amides is 1. The lowest BCUT2D eigenvalue weighted by atomic mass is 10.2. The minimum absolute atomic E-state index is 0.182. The van der Waals surface area contributed by atoms with E-state index in [2.05, 4.69) is 10.3 Å². The second-order valence-corrected chi connectivity index (χ2v) is 5.93. The smallest absolute Gasteiger partial charge is 0.251 e. The van der Waals surface area contributed by atoms with Crippen LogP contribution in [0.5, 0.6) is 17.4 Å². The Kier molecular flexibility index (Phi) is 6.98. The molecule has 3 aromatic rings. The fourth-order valence-corrected chi connectivity index (χ4v) is 2.49. The van der Waals surface area contributed by atoms with Crippen LogP contribution in [0.15, 0.2) is 72.9 Å². The van der Waals surface area contributed by atoms with Crippen LogP contribution in [0.1, 0.15) is 15.9 Å². The van der Waals surface area contributed by atoms with Gasteiger partial charge in [-0.15, -0.1) is 0 Å². The van der Waals surface area contributed by atoms with Crippen molar-refractivity contribution in [2.45, 2.75) is 6.54 Å². The summed E-state index contributed by atoms with van der Waals surface area (Å²) in [6.07, 6.45) is 1.65. The first-order valence-electron chi connectivity index (χ1n) is 8.93. The van der Waals surface area contributed by atoms with E-state index < -0.39 is 0 Å². The predicted octanol–water partition coefficient (Wildman–Crippen LogP) is 3.83. The van der Waals surface area contributed by atoms with E-state index >= 15 is 0 Å². The molecule has 1 amide bonds. The Labute approximate surface area is 164 Å². The molecule has 6 nitrogen and oxygen atoms in total. The van der Waals surface area contributed by atoms with E-state index in [0.29, 0.717) is 37.0 Å². The molecule has 144 valence electrons. The summed E-state index contributed by atoms with van der Waals surface area (Å²) in [6, 6.07) is 20.2. The third-order valence-electron chi connectivity index (χ3n) is 3.91. The normalized spacial score (nSPS) is 10.3. The standard InChI is InChI=1S/C22H22N2O4/c1-26-14-15-27-22-18(6-5-13-23-22)16-24-21(25)17-9-11-20(12-10-17)28-19-7-3-2-4-8-19/h2-13H,14-16H2,1H3,(H,24,25). The Hall–Kier alpha value is -3.38. The number of hydrogen-bond donors (Lipinski definition) is 1. The average molecular weight is 378 g/mol. The van der Waals surface area contributed by atoms with Crippen molar-refractivity contribution in [2.24, 2.45) is 0 Å². The second kappa shape index (κ2) is 10.1. The van der Waals surface area contributed by atoms with Crippen molar-refractivity contribution in [1.29, 1.82) is 0 Å². The molecule has 0 spiro atoms. The van der Waals surface area contributed by atoms with Gasteiger partial charge in [0.05, 0.1) is 6.61 Å². The Balaban J connectivity index is 1.56. The molecule has 0 aliphatic carbocycles. The van der Waals surface area contributed by atoms with Gasteiger partial charge in [-0.1, -0.05) is 24.3 Å². The SMILES string of the molecule is COCCOc1ncccc1CNC(=O)c1ccc(Oc2ccccc2)cc1. The van der Waals surface area contributed by atoms with Crippen LogP contribution in [0.3, 0.4) is 0 Å². The molecular weight excluding hydrogens is 356 g/mol. The first-order valence-corrected chi connectivity index (χ1v) is 8.93. The number of methoxy groups -OCH3 is 1. The summed E-state index contributed by atoms with van der Waals surface area (Å²) in [5.74, 6) is 1.73. The largest absolute Gasteiger partial charge is 0.475 e. The van der Waals surface area contributed by atoms with E-state index in [1.807, 2.05) is 36.4 Å². The number of rotatable bonds is 9. The van der Waals surface area contributed by atoms with Gasteiger partial charge in [-0.25, -0.2) is 4.98 Å². The summed E-state index contributed by atoms with van der Waals surface area (Å²) in [6.45, 7) is 1.19. The lowest BCUT2D eigenvalue weighted by molar-refractivity contribution is 0.0950. The van der Waals surface area contributed by atoms with Crippen LogP contribution in [0.4, 0.5) is 0 Å². The first kappa shape index (κ1) is 19.4. The van der Waals surface area contributed by atoms with Gasteiger partial charge >= 0.3 is 0 Å². The number of para-hydroxylation sites is 1. The quantitative estimate of drug-likeness (QED) is 0.573. The first-order chi connectivity index (χ1) is 13.8. The van der Waals surface area contributed by atoms with Gasteiger partial charge in [-0.05, 0) is 42.5 Å². The Morgan fingerprint density at radius 2 is 1.68 bits per heavy atom. The molecule has 0 atom stereocenters. The molecule has 0 fully saturated rings. The number of nitrogens with zero attached hydrogens (tertiary/aromatic N) is 1. The summed E-state index contributed by atoms with van der Waals surface area (Å²) in [5.41, 5.74) is 1.35. The second-order valence-electron chi connectivity index (χ2n) is 5.93. The van der Waals surface area contributed by atoms with Gasteiger partial charge in [0.1, 0.15) is 18.1 Å². The third-order valence-corrected chi connectivity index (χ3v) is 3.91. The fourth-order valence-electron chi connectivity index (χ4n) is 2.49. The van der Waals surface area contributed by atoms with Gasteiger partial charge in [0.15, 0.2) is 0 Å². The summed E-state index contributed by atoms with van der Waals surface area (Å²) in [5, 5.41) is 2.88. The van der Waals surface area contributed by atoms with Crippen LogP contribution in [-0.2, 0) is 11.3 Å². The highest BCUT2D eigenvalue weighted by Crippen LogP contribution is 2.21. The van der Waals surface area contributed by atoms with E-state index in [4.69, 9.17) is 14.2 Å². The Morgan fingerprint density at radius 1 is 0.929 bits per heavy atom. The molecular formula is C22H22N2O4. The number of carbonyl (C=O) groups is 1. The van der Waals surface area contributed by atoms with Crippen molar-refractivity contribution in [2.75, 3.05) is 20.3 Å². The maximum atomic E-state index is 12.4. The molecule has 0 saturated heterocycles. The lowest BCUT2D eigenvalue weighted by Crippen LogP contribution is -2.23. The minimum Gasteiger partial charge on any atom is -0.475 e. The van der Waals surface area contributed by atoms with Gasteiger partial charge in [0, 0.05) is 31.0 Å². The van der Waals surface area contributed by atoms with Gasteiger partial charge in [-0.3, -0.25) is 4.79 Å². The number of hydrogen-bond acceptors (Lipinski definition) is 5. The Morgan fingerprint density at radius 3 is 2.43 bits per heavy atom. The summed E-state index contributed by atoms with van der Waals surface area (Å²) >= 11 is 0. The molecule has 3 rings (SSSR count). The minimum atomic E-state index is -0.182. The van der Waals surface area contributed by atoms with Crippen LogP contribution in [-0.4, -0.2) is 31.2 Å². The summed E-state index contributed by atoms with van der Waals surface area (Å²) < 4.78 is 16.3. The van der Waals surface area contributed by atoms with Crippen molar-refractivity contribution in [3.05, 3.63) is 84.1 Å². The molecule has 0 radical (unpaired) electrons. The molecule has 0 unspecified atom stereocenters. The van der Waals surface area contributed by atoms with E-state index in [9.17, 15) is 4.79 Å². The van der Waals surface area contributed by atoms with Gasteiger partial charge in [0.25, 0.3) is 5.91 Å². The summed E-state index contributed by atoms with van der Waals surface area (Å²) in [4.78, 5) is 16.6. The van der Waals surface area contributed by atoms with Crippen LogP contribution >= 0.6 is 0 Å². The third kappa shape index (κ3) is 5.56. The maximum absolute atomic E-state index is 12.4. The van der Waals surface area contributed by atoms with E-state index in [-0.39, 0.29) is 5.91 Å². The van der Waals surface area contributed by atoms with Crippen molar-refractivity contribution in [3.63, 3.8) is 0 Å². The number of pyridine rings is 1. The monoisotopic (exact) mass is 378 g/mol. The Bertz CT molecular complexity index is 883. The zero-order valence-corrected chi connectivity index (χ0v) is 15.6. The zero-order valence-electron chi connectivity index (χ0n) is 15.6. The number of nitrogens with one attached hydrogen (secondary N) is 1. The van der Waals surface area contributed by atoms with Gasteiger partial charge in [-0.2, -0.15) is 0 Å². The molecule has 1 heterocycles. The molecule has 0 saturated carbocycles. The molecule has 1 aromatic heterocycles. The molecule has 2 aromatic carbocycles. The van der Waals surface area contributed by atoms with Crippen LogP contribution in [0.2, 0.25) is 0 Å². The highest BCUT2D eigenvalue weighted by molar-refractivity contribution is 5.94. The summed E-state index contributed by atoms with van der Waals surface area (Å²) in [7, 11) is 1.61. The number of aromatic nitrogens is 1. The highest BCUT2D eigenvalue weighted by Gasteiger charge is 2.09. The molecule has 1 N–H and O–H groups in total. The highest BCUT2D eigenvalue weighted by atomic mass is 16.5. The number of ether oxygens (including phenoxy) is 3. The van der Waals surface area contributed by atoms with Crippen molar-refractivity contribution >= 4 is 5.91 Å². The van der Waals surface area contributed by atoms with E-state index in [1.165, 1.54) is 0 Å². The van der Waals surface area contributed by atoms with E-state index in [0.717, 1.165) is 11.3 Å². The topological polar surface area (TPSA) is 69.7 Å². The van der Waals surface area contributed by atoms with Gasteiger partial charge < -0.3 is 19.5 Å². The molecule has 28 heavy (non-hydrogen) atoms. The van der Waals surface area contributed by atoms with Crippen LogP contribution in [0.25, 0.3) is 0 Å². The molecule has 0 bridgehead atoms. The van der Waals surface area contributed by atoms with Crippen molar-refractivity contribution in [3.8, 4) is 17.4 Å². The van der Waals surface area contributed by atoms with Crippen molar-refractivity contribution in [1.82, 2.24) is 10.3 Å². The fraction of sp³-hybridized carbons (Fsp3) is 0.182. The van der Waals surface area contributed by atoms with E-state index in [1.54, 1.807) is 43.6 Å². The average Bonchev–Trinajstić information content (AvgIpc) is 2.74. The van der Waals surface area contributed by atoms with Crippen molar-refractivity contribution < 1.29 is 19.0 Å². The molecule has 6 heteroatoms. The molecule has 0 aliphatic heterocycles. The predicted molar refractivity (Wildman–Crippen MR) is 106 cm³/mol. The van der Waals surface area contributed by atoms with Gasteiger partial charge in [0.2, 0.25) is 5.88 Å². The zero-order chi connectivity index (χ0) is 19.6. The van der Waals surface area contributed by atoms with Crippen LogP contribution < -0.4 is 14.8 Å². The lowest BCUT2D eigenvalue weighted by Gasteiger charge is -2.11.